The number of ether oxygens (including phenoxy) is 1. The van der Waals surface area contributed by atoms with Crippen molar-refractivity contribution in [2.24, 2.45) is 0 Å². The fourth-order valence-corrected chi connectivity index (χ4v) is 2.90. The minimum absolute atomic E-state index is 0.119. The SMILES string of the molecule is CNC(=O)[C@@H](C)N(Cc1ccc(OC)cc1)C(=O)Cc1c(F)cccc1Cl. The highest BCUT2D eigenvalue weighted by molar-refractivity contribution is 6.31. The van der Waals surface area contributed by atoms with Gasteiger partial charge in [-0.15, -0.1) is 0 Å². The number of benzene rings is 2. The van der Waals surface area contributed by atoms with E-state index in [4.69, 9.17) is 16.3 Å². The minimum Gasteiger partial charge on any atom is -0.497 e. The first-order valence-electron chi connectivity index (χ1n) is 8.44. The molecular weight excluding hydrogens is 371 g/mol. The van der Waals surface area contributed by atoms with Crippen LogP contribution in [0.4, 0.5) is 4.39 Å². The highest BCUT2D eigenvalue weighted by Gasteiger charge is 2.26. The predicted octanol–water partition coefficient (Wildman–Crippen LogP) is 3.19. The smallest absolute Gasteiger partial charge is 0.242 e. The molecule has 0 fully saturated rings. The zero-order valence-electron chi connectivity index (χ0n) is 15.5. The average molecular weight is 393 g/mol. The third-order valence-corrected chi connectivity index (χ3v) is 4.67. The Balaban J connectivity index is 2.27. The molecule has 2 rings (SSSR count). The van der Waals surface area contributed by atoms with Gasteiger partial charge >= 0.3 is 0 Å². The predicted molar refractivity (Wildman–Crippen MR) is 102 cm³/mol. The number of hydrogen-bond acceptors (Lipinski definition) is 3. The van der Waals surface area contributed by atoms with Gasteiger partial charge < -0.3 is 15.0 Å². The highest BCUT2D eigenvalue weighted by atomic mass is 35.5. The zero-order valence-corrected chi connectivity index (χ0v) is 16.2. The van der Waals surface area contributed by atoms with Crippen LogP contribution >= 0.6 is 11.6 Å². The number of carbonyl (C=O) groups excluding carboxylic acids is 2. The maximum absolute atomic E-state index is 14.1. The van der Waals surface area contributed by atoms with Crippen molar-refractivity contribution >= 4 is 23.4 Å². The van der Waals surface area contributed by atoms with Crippen molar-refractivity contribution in [2.45, 2.75) is 25.9 Å². The fraction of sp³-hybridized carbons (Fsp3) is 0.300. The molecule has 1 N–H and O–H groups in total. The molecule has 0 heterocycles. The molecule has 144 valence electrons. The fourth-order valence-electron chi connectivity index (χ4n) is 2.67. The van der Waals surface area contributed by atoms with Crippen molar-refractivity contribution in [3.63, 3.8) is 0 Å². The lowest BCUT2D eigenvalue weighted by Crippen LogP contribution is -2.47. The van der Waals surface area contributed by atoms with Gasteiger partial charge in [0.15, 0.2) is 0 Å². The van der Waals surface area contributed by atoms with E-state index in [2.05, 4.69) is 5.32 Å². The van der Waals surface area contributed by atoms with E-state index in [1.807, 2.05) is 12.1 Å². The molecule has 2 aromatic rings. The lowest BCUT2D eigenvalue weighted by atomic mass is 10.1. The maximum atomic E-state index is 14.1. The minimum atomic E-state index is -0.727. The molecule has 27 heavy (non-hydrogen) atoms. The molecule has 0 saturated carbocycles. The number of likely N-dealkylation sites (N-methyl/N-ethyl adjacent to an activating group) is 1. The van der Waals surface area contributed by atoms with E-state index in [1.165, 1.54) is 30.1 Å². The van der Waals surface area contributed by atoms with Crippen LogP contribution in [-0.2, 0) is 22.6 Å². The third-order valence-electron chi connectivity index (χ3n) is 4.32. The summed E-state index contributed by atoms with van der Waals surface area (Å²) < 4.78 is 19.2. The largest absolute Gasteiger partial charge is 0.497 e. The van der Waals surface area contributed by atoms with Gasteiger partial charge in [-0.3, -0.25) is 9.59 Å². The second kappa shape index (κ2) is 9.37. The Bertz CT molecular complexity index is 791. The van der Waals surface area contributed by atoms with Crippen LogP contribution in [0.1, 0.15) is 18.1 Å². The van der Waals surface area contributed by atoms with E-state index in [9.17, 15) is 14.0 Å². The molecule has 2 amide bonds. The highest BCUT2D eigenvalue weighted by Crippen LogP contribution is 2.22. The molecule has 0 aliphatic carbocycles. The topological polar surface area (TPSA) is 58.6 Å². The van der Waals surface area contributed by atoms with Crippen LogP contribution in [-0.4, -0.2) is 36.9 Å². The van der Waals surface area contributed by atoms with E-state index < -0.39 is 17.8 Å². The molecule has 5 nitrogen and oxygen atoms in total. The number of methoxy groups -OCH3 is 1. The quantitative estimate of drug-likeness (QED) is 0.787. The summed E-state index contributed by atoms with van der Waals surface area (Å²) in [4.78, 5) is 26.4. The molecule has 0 saturated heterocycles. The molecule has 7 heteroatoms. The molecule has 1 atom stereocenters. The van der Waals surface area contributed by atoms with Crippen molar-refractivity contribution in [1.82, 2.24) is 10.2 Å². The number of rotatable bonds is 7. The van der Waals surface area contributed by atoms with Gasteiger partial charge in [-0.2, -0.15) is 0 Å². The van der Waals surface area contributed by atoms with Crippen LogP contribution in [0.3, 0.4) is 0 Å². The first kappa shape index (κ1) is 20.7. The second-order valence-corrected chi connectivity index (χ2v) is 6.44. The Labute approximate surface area is 163 Å². The average Bonchev–Trinajstić information content (AvgIpc) is 2.68. The lowest BCUT2D eigenvalue weighted by molar-refractivity contribution is -0.139. The van der Waals surface area contributed by atoms with E-state index in [1.54, 1.807) is 26.2 Å². The Kier molecular flexibility index (Phi) is 7.19. The number of carbonyl (C=O) groups is 2. The Morgan fingerprint density at radius 2 is 1.89 bits per heavy atom. The number of nitrogens with zero attached hydrogens (tertiary/aromatic N) is 1. The second-order valence-electron chi connectivity index (χ2n) is 6.04. The summed E-state index contributed by atoms with van der Waals surface area (Å²) in [5.41, 5.74) is 0.938. The van der Waals surface area contributed by atoms with Gasteiger partial charge in [0, 0.05) is 24.2 Å². The summed E-state index contributed by atoms with van der Waals surface area (Å²) in [7, 11) is 3.07. The Hall–Kier alpha value is -2.60. The van der Waals surface area contributed by atoms with Gasteiger partial charge in [-0.1, -0.05) is 29.8 Å². The lowest BCUT2D eigenvalue weighted by Gasteiger charge is -2.28. The van der Waals surface area contributed by atoms with Crippen LogP contribution < -0.4 is 10.1 Å². The Morgan fingerprint density at radius 3 is 2.44 bits per heavy atom. The molecule has 0 aliphatic rings. The first-order valence-corrected chi connectivity index (χ1v) is 8.82. The van der Waals surface area contributed by atoms with Crippen molar-refractivity contribution in [3.05, 3.63) is 64.4 Å². The number of amides is 2. The van der Waals surface area contributed by atoms with Gasteiger partial charge in [0.25, 0.3) is 0 Å². The van der Waals surface area contributed by atoms with Crippen LogP contribution in [0.2, 0.25) is 5.02 Å². The van der Waals surface area contributed by atoms with Crippen LogP contribution in [0.25, 0.3) is 0 Å². The van der Waals surface area contributed by atoms with Gasteiger partial charge in [0.1, 0.15) is 17.6 Å². The van der Waals surface area contributed by atoms with Crippen molar-refractivity contribution < 1.29 is 18.7 Å². The molecule has 0 unspecified atom stereocenters. The van der Waals surface area contributed by atoms with E-state index >= 15 is 0 Å². The summed E-state index contributed by atoms with van der Waals surface area (Å²) in [6.45, 7) is 1.83. The molecule has 0 aliphatic heterocycles. The summed E-state index contributed by atoms with van der Waals surface area (Å²) in [5.74, 6) is -0.563. The molecule has 2 aromatic carbocycles. The summed E-state index contributed by atoms with van der Waals surface area (Å²) >= 11 is 6.04. The van der Waals surface area contributed by atoms with Crippen molar-refractivity contribution in [2.75, 3.05) is 14.2 Å². The third kappa shape index (κ3) is 5.20. The van der Waals surface area contributed by atoms with Crippen molar-refractivity contribution in [3.8, 4) is 5.75 Å². The van der Waals surface area contributed by atoms with Crippen molar-refractivity contribution in [1.29, 1.82) is 0 Å². The molecule has 0 radical (unpaired) electrons. The molecule has 0 bridgehead atoms. The standard InChI is InChI=1S/C20H22ClFN2O3/c1-13(20(26)23-2)24(12-14-7-9-15(27-3)10-8-14)19(25)11-16-17(21)5-4-6-18(16)22/h4-10,13H,11-12H2,1-3H3,(H,23,26)/t13-/m1/s1. The van der Waals surface area contributed by atoms with Gasteiger partial charge in [-0.05, 0) is 36.8 Å². The van der Waals surface area contributed by atoms with Crippen LogP contribution in [0.15, 0.2) is 42.5 Å². The van der Waals surface area contributed by atoms with E-state index in [-0.39, 0.29) is 29.5 Å². The molecular formula is C20H22ClFN2O3. The monoisotopic (exact) mass is 392 g/mol. The van der Waals surface area contributed by atoms with E-state index in [0.29, 0.717) is 5.75 Å². The van der Waals surface area contributed by atoms with Crippen LogP contribution in [0.5, 0.6) is 5.75 Å². The van der Waals surface area contributed by atoms with Gasteiger partial charge in [0.05, 0.1) is 13.5 Å². The van der Waals surface area contributed by atoms with Crippen LogP contribution in [0, 0.1) is 5.82 Å². The number of nitrogens with one attached hydrogen (secondary N) is 1. The number of halogens is 2. The summed E-state index contributed by atoms with van der Waals surface area (Å²) in [6, 6.07) is 10.7. The Morgan fingerprint density at radius 1 is 1.22 bits per heavy atom. The van der Waals surface area contributed by atoms with E-state index in [0.717, 1.165) is 5.56 Å². The first-order chi connectivity index (χ1) is 12.9. The molecule has 0 aromatic heterocycles. The normalized spacial score (nSPS) is 11.6. The van der Waals surface area contributed by atoms with Gasteiger partial charge in [0.2, 0.25) is 11.8 Å². The number of hydrogen-bond donors (Lipinski definition) is 1. The maximum Gasteiger partial charge on any atom is 0.242 e. The van der Waals surface area contributed by atoms with Gasteiger partial charge in [-0.25, -0.2) is 4.39 Å². The summed E-state index contributed by atoms with van der Waals surface area (Å²) in [6.07, 6.45) is -0.233. The molecule has 0 spiro atoms. The summed E-state index contributed by atoms with van der Waals surface area (Å²) in [5, 5.41) is 2.72. The zero-order chi connectivity index (χ0) is 20.0.